The van der Waals surface area contributed by atoms with E-state index in [1.54, 1.807) is 0 Å². The van der Waals surface area contributed by atoms with Gasteiger partial charge in [-0.3, -0.25) is 10.4 Å². The van der Waals surface area contributed by atoms with Crippen LogP contribution in [0.25, 0.3) is 0 Å². The predicted molar refractivity (Wildman–Crippen MR) is 55.6 cm³/mol. The Balaban J connectivity index is 2.23. The molecule has 0 spiro atoms. The molecule has 0 aromatic carbocycles. The van der Waals surface area contributed by atoms with Crippen LogP contribution in [0.4, 0.5) is 0 Å². The molecule has 1 heterocycles. The SMILES string of the molecule is CCCCN(C)NC1=NCCN1C. The number of likely N-dealkylation sites (N-methyl/N-ethyl adjacent to an activating group) is 1. The van der Waals surface area contributed by atoms with Gasteiger partial charge in [-0.05, 0) is 6.42 Å². The molecule has 0 bridgehead atoms. The highest BCUT2D eigenvalue weighted by molar-refractivity contribution is 5.80. The highest BCUT2D eigenvalue weighted by Gasteiger charge is 2.12. The molecule has 0 atom stereocenters. The zero-order chi connectivity index (χ0) is 9.68. The third-order valence-corrected chi connectivity index (χ3v) is 2.20. The Morgan fingerprint density at radius 3 is 2.92 bits per heavy atom. The van der Waals surface area contributed by atoms with Crippen LogP contribution in [0.3, 0.4) is 0 Å². The molecular weight excluding hydrogens is 164 g/mol. The summed E-state index contributed by atoms with van der Waals surface area (Å²) in [6, 6.07) is 0. The molecule has 1 rings (SSSR count). The molecule has 0 fully saturated rings. The Labute approximate surface area is 80.6 Å². The van der Waals surface area contributed by atoms with Crippen molar-refractivity contribution in [2.45, 2.75) is 19.8 Å². The summed E-state index contributed by atoms with van der Waals surface area (Å²) in [7, 11) is 4.12. The summed E-state index contributed by atoms with van der Waals surface area (Å²) in [5, 5.41) is 2.10. The second kappa shape index (κ2) is 5.07. The van der Waals surface area contributed by atoms with Crippen LogP contribution in [-0.4, -0.2) is 49.6 Å². The van der Waals surface area contributed by atoms with Crippen LogP contribution in [0.15, 0.2) is 4.99 Å². The van der Waals surface area contributed by atoms with E-state index in [-0.39, 0.29) is 0 Å². The van der Waals surface area contributed by atoms with Crippen LogP contribution in [0.2, 0.25) is 0 Å². The summed E-state index contributed by atoms with van der Waals surface area (Å²) < 4.78 is 0. The van der Waals surface area contributed by atoms with Crippen LogP contribution in [0, 0.1) is 0 Å². The molecule has 1 aliphatic rings. The first kappa shape index (κ1) is 10.3. The predicted octanol–water partition coefficient (Wildman–Crippen LogP) is 0.524. The highest BCUT2D eigenvalue weighted by atomic mass is 15.6. The zero-order valence-electron chi connectivity index (χ0n) is 8.88. The van der Waals surface area contributed by atoms with Crippen molar-refractivity contribution in [3.05, 3.63) is 0 Å². The molecule has 0 radical (unpaired) electrons. The Morgan fingerprint density at radius 2 is 2.38 bits per heavy atom. The fourth-order valence-corrected chi connectivity index (χ4v) is 1.28. The fourth-order valence-electron chi connectivity index (χ4n) is 1.28. The fraction of sp³-hybridized carbons (Fsp3) is 0.889. The Morgan fingerprint density at radius 1 is 1.62 bits per heavy atom. The maximum atomic E-state index is 4.35. The number of aliphatic imine (C=N–C) groups is 1. The molecule has 1 aliphatic heterocycles. The third kappa shape index (κ3) is 3.22. The van der Waals surface area contributed by atoms with E-state index < -0.39 is 0 Å². The van der Waals surface area contributed by atoms with Crippen LogP contribution in [0.1, 0.15) is 19.8 Å². The largest absolute Gasteiger partial charge is 0.343 e. The van der Waals surface area contributed by atoms with Crippen molar-refractivity contribution >= 4 is 5.96 Å². The van der Waals surface area contributed by atoms with Gasteiger partial charge < -0.3 is 4.90 Å². The first-order chi connectivity index (χ1) is 6.24. The number of nitrogens with zero attached hydrogens (tertiary/aromatic N) is 3. The van der Waals surface area contributed by atoms with Crippen molar-refractivity contribution in [1.29, 1.82) is 0 Å². The molecule has 13 heavy (non-hydrogen) atoms. The maximum absolute atomic E-state index is 4.35. The summed E-state index contributed by atoms with van der Waals surface area (Å²) in [5.74, 6) is 0.999. The molecule has 0 saturated carbocycles. The van der Waals surface area contributed by atoms with Gasteiger partial charge in [0.15, 0.2) is 0 Å². The number of unbranched alkanes of at least 4 members (excludes halogenated alkanes) is 1. The maximum Gasteiger partial charge on any atom is 0.208 e. The third-order valence-electron chi connectivity index (χ3n) is 2.20. The van der Waals surface area contributed by atoms with E-state index >= 15 is 0 Å². The molecule has 0 aromatic heterocycles. The summed E-state index contributed by atoms with van der Waals surface area (Å²) in [6.07, 6.45) is 2.45. The van der Waals surface area contributed by atoms with Gasteiger partial charge >= 0.3 is 0 Å². The topological polar surface area (TPSA) is 30.9 Å². The second-order valence-electron chi connectivity index (χ2n) is 3.51. The number of hydrazine groups is 1. The van der Waals surface area contributed by atoms with Crippen LogP contribution < -0.4 is 5.43 Å². The summed E-state index contributed by atoms with van der Waals surface area (Å²) in [5.41, 5.74) is 3.27. The molecule has 4 heteroatoms. The first-order valence-corrected chi connectivity index (χ1v) is 4.97. The Kier molecular flexibility index (Phi) is 4.02. The van der Waals surface area contributed by atoms with Crippen molar-refractivity contribution < 1.29 is 0 Å². The lowest BCUT2D eigenvalue weighted by Crippen LogP contribution is -2.45. The number of rotatable bonds is 4. The minimum absolute atomic E-state index is 0.917. The van der Waals surface area contributed by atoms with Crippen LogP contribution >= 0.6 is 0 Å². The molecule has 0 aromatic rings. The van der Waals surface area contributed by atoms with Gasteiger partial charge in [0.2, 0.25) is 5.96 Å². The van der Waals surface area contributed by atoms with E-state index in [0.29, 0.717) is 0 Å². The van der Waals surface area contributed by atoms with Gasteiger partial charge in [0.25, 0.3) is 0 Å². The minimum Gasteiger partial charge on any atom is -0.343 e. The quantitative estimate of drug-likeness (QED) is 0.646. The van der Waals surface area contributed by atoms with E-state index in [0.717, 1.165) is 25.6 Å². The Hall–Kier alpha value is -0.770. The van der Waals surface area contributed by atoms with Gasteiger partial charge in [0.1, 0.15) is 0 Å². The van der Waals surface area contributed by atoms with Gasteiger partial charge in [0.05, 0.1) is 6.54 Å². The van der Waals surface area contributed by atoms with Gasteiger partial charge in [-0.25, -0.2) is 5.01 Å². The second-order valence-corrected chi connectivity index (χ2v) is 3.51. The average Bonchev–Trinajstić information content (AvgIpc) is 2.48. The van der Waals surface area contributed by atoms with Crippen molar-refractivity contribution in [2.75, 3.05) is 33.7 Å². The minimum atomic E-state index is 0.917. The van der Waals surface area contributed by atoms with E-state index in [1.165, 1.54) is 12.8 Å². The summed E-state index contributed by atoms with van der Waals surface area (Å²) in [6.45, 7) is 5.22. The lowest BCUT2D eigenvalue weighted by atomic mass is 10.3. The monoisotopic (exact) mass is 184 g/mol. The van der Waals surface area contributed by atoms with Crippen LogP contribution in [-0.2, 0) is 0 Å². The lowest BCUT2D eigenvalue weighted by Gasteiger charge is -2.22. The van der Waals surface area contributed by atoms with Gasteiger partial charge in [-0.1, -0.05) is 13.3 Å². The summed E-state index contributed by atoms with van der Waals surface area (Å²) >= 11 is 0. The van der Waals surface area contributed by atoms with Crippen molar-refractivity contribution in [3.63, 3.8) is 0 Å². The molecule has 0 amide bonds. The number of guanidine groups is 1. The lowest BCUT2D eigenvalue weighted by molar-refractivity contribution is 0.274. The van der Waals surface area contributed by atoms with E-state index in [4.69, 9.17) is 0 Å². The molecule has 1 N–H and O–H groups in total. The first-order valence-electron chi connectivity index (χ1n) is 4.97. The molecule has 0 aliphatic carbocycles. The molecule has 4 nitrogen and oxygen atoms in total. The van der Waals surface area contributed by atoms with Crippen molar-refractivity contribution in [2.24, 2.45) is 4.99 Å². The van der Waals surface area contributed by atoms with Crippen molar-refractivity contribution in [3.8, 4) is 0 Å². The standard InChI is InChI=1S/C9H20N4/c1-4-5-7-13(3)11-9-10-6-8-12(9)2/h4-8H2,1-3H3,(H,10,11). The summed E-state index contributed by atoms with van der Waals surface area (Å²) in [4.78, 5) is 6.50. The highest BCUT2D eigenvalue weighted by Crippen LogP contribution is 1.96. The number of hydrogen-bond donors (Lipinski definition) is 1. The normalized spacial score (nSPS) is 16.6. The van der Waals surface area contributed by atoms with E-state index in [2.05, 4.69) is 41.3 Å². The molecule has 76 valence electrons. The van der Waals surface area contributed by atoms with Crippen molar-refractivity contribution in [1.82, 2.24) is 15.3 Å². The molecular formula is C9H20N4. The molecule has 0 unspecified atom stereocenters. The van der Waals surface area contributed by atoms with E-state index in [1.807, 2.05) is 0 Å². The van der Waals surface area contributed by atoms with E-state index in [9.17, 15) is 0 Å². The van der Waals surface area contributed by atoms with Crippen LogP contribution in [0.5, 0.6) is 0 Å². The zero-order valence-corrected chi connectivity index (χ0v) is 8.88. The van der Waals surface area contributed by atoms with Gasteiger partial charge in [-0.2, -0.15) is 0 Å². The average molecular weight is 184 g/mol. The number of nitrogens with one attached hydrogen (secondary N) is 1. The smallest absolute Gasteiger partial charge is 0.208 e. The molecule has 0 saturated heterocycles. The van der Waals surface area contributed by atoms with Gasteiger partial charge in [-0.15, -0.1) is 0 Å². The van der Waals surface area contributed by atoms with Gasteiger partial charge in [0, 0.05) is 27.2 Å². The Bertz CT molecular complexity index is 178. The number of hydrogen-bond acceptors (Lipinski definition) is 4.